The van der Waals surface area contributed by atoms with Gasteiger partial charge in [-0.25, -0.2) is 0 Å². The van der Waals surface area contributed by atoms with Crippen LogP contribution in [0.4, 0.5) is 5.00 Å². The second kappa shape index (κ2) is 15.7. The Balaban J connectivity index is 1.61. The van der Waals surface area contributed by atoms with E-state index < -0.39 is 0 Å². The van der Waals surface area contributed by atoms with Gasteiger partial charge in [-0.2, -0.15) is 0 Å². The number of thiophene rings is 1. The highest BCUT2D eigenvalue weighted by Gasteiger charge is 2.25. The van der Waals surface area contributed by atoms with Crippen molar-refractivity contribution in [2.24, 2.45) is 17.3 Å². The van der Waals surface area contributed by atoms with Crippen LogP contribution >= 0.6 is 11.3 Å². The molecule has 1 aliphatic carbocycles. The lowest BCUT2D eigenvalue weighted by Crippen LogP contribution is -2.27. The van der Waals surface area contributed by atoms with E-state index in [0.29, 0.717) is 23.7 Å². The fourth-order valence-corrected chi connectivity index (χ4v) is 7.58. The lowest BCUT2D eigenvalue weighted by Gasteiger charge is -2.27. The normalized spacial score (nSPS) is 23.1. The number of rotatable bonds is 10. The highest BCUT2D eigenvalue weighted by Crippen LogP contribution is 2.42. The second-order valence-corrected chi connectivity index (χ2v) is 15.8. The monoisotopic (exact) mass is 609 g/mol. The molecule has 44 heavy (non-hydrogen) atoms. The SMILES string of the molecule is CC/C=C/C(C)CCC(C)/C=C/CN1/C=C/CN(/C=C/CC(C)(C)C)c2sc3cc4c(cc3c2[B]/C=C\1C)C(C)CCC4C. The molecule has 2 aromatic rings. The second-order valence-electron chi connectivity index (χ2n) is 14.8. The third-order valence-electron chi connectivity index (χ3n) is 9.36. The number of nitrogens with zero attached hydrogens (tertiary/aromatic N) is 2. The molecular weight excluding hydrogens is 551 g/mol. The van der Waals surface area contributed by atoms with Crippen LogP contribution in [-0.4, -0.2) is 25.3 Å². The van der Waals surface area contributed by atoms with Crippen molar-refractivity contribution in [1.82, 2.24) is 4.90 Å². The Labute approximate surface area is 274 Å². The van der Waals surface area contributed by atoms with Gasteiger partial charge in [0.25, 0.3) is 0 Å². The maximum atomic E-state index is 2.54. The minimum atomic E-state index is 0.272. The molecule has 1 aromatic heterocycles. The molecule has 4 rings (SSSR count). The summed E-state index contributed by atoms with van der Waals surface area (Å²) in [6, 6.07) is 5.07. The van der Waals surface area contributed by atoms with Crippen LogP contribution in [-0.2, 0) is 0 Å². The van der Waals surface area contributed by atoms with Crippen LogP contribution < -0.4 is 10.4 Å². The molecule has 1 aliphatic heterocycles. The maximum absolute atomic E-state index is 2.54. The molecule has 0 N–H and O–H groups in total. The first-order chi connectivity index (χ1) is 21.0. The standard InChI is InChI=1S/C40H58BN2S/c1-10-11-15-29(2)17-18-30(3)16-12-22-42-24-14-25-43(23-13-21-40(7,8)9)39-38(41-28-33(42)6)36-26-34-31(4)19-20-32(5)35(34)27-37(36)44-39/h11-16,23-24,26-32H,10,17-22,25H2,1-9H3/b15-11+,16-12+,23-13+,24-14+,33-28-. The molecule has 0 fully saturated rings. The van der Waals surface area contributed by atoms with Crippen molar-refractivity contribution in [1.29, 1.82) is 0 Å². The molecule has 0 saturated heterocycles. The molecule has 0 spiro atoms. The van der Waals surface area contributed by atoms with Crippen molar-refractivity contribution in [3.63, 3.8) is 0 Å². The van der Waals surface area contributed by atoms with Crippen LogP contribution in [0, 0.1) is 17.3 Å². The Morgan fingerprint density at radius 1 is 0.977 bits per heavy atom. The molecule has 4 unspecified atom stereocenters. The Hall–Kier alpha value is -2.46. The molecule has 0 saturated carbocycles. The van der Waals surface area contributed by atoms with Gasteiger partial charge in [0.15, 0.2) is 7.28 Å². The summed E-state index contributed by atoms with van der Waals surface area (Å²) >= 11 is 1.96. The van der Waals surface area contributed by atoms with Crippen LogP contribution in [0.1, 0.15) is 124 Å². The minimum Gasteiger partial charge on any atom is -0.349 e. The highest BCUT2D eigenvalue weighted by atomic mass is 32.1. The van der Waals surface area contributed by atoms with Crippen LogP contribution in [0.25, 0.3) is 10.1 Å². The fourth-order valence-electron chi connectivity index (χ4n) is 6.37. The molecule has 1 aromatic carbocycles. The van der Waals surface area contributed by atoms with Crippen LogP contribution in [0.5, 0.6) is 0 Å². The molecule has 2 heterocycles. The fraction of sp³-hybridized carbons (Fsp3) is 0.550. The molecule has 237 valence electrons. The van der Waals surface area contributed by atoms with Crippen molar-refractivity contribution in [2.75, 3.05) is 18.0 Å². The van der Waals surface area contributed by atoms with E-state index in [2.05, 4.69) is 146 Å². The van der Waals surface area contributed by atoms with Gasteiger partial charge in [0, 0.05) is 35.9 Å². The number of benzene rings is 1. The Morgan fingerprint density at radius 2 is 1.64 bits per heavy atom. The van der Waals surface area contributed by atoms with Gasteiger partial charge in [-0.1, -0.05) is 97.8 Å². The number of hydrogen-bond acceptors (Lipinski definition) is 3. The quantitative estimate of drug-likeness (QED) is 0.195. The molecule has 0 amide bonds. The molecule has 0 bridgehead atoms. The van der Waals surface area contributed by atoms with Gasteiger partial charge in [0.05, 0.1) is 5.00 Å². The summed E-state index contributed by atoms with van der Waals surface area (Å²) in [5.41, 5.74) is 6.05. The zero-order valence-corrected chi connectivity index (χ0v) is 30.0. The summed E-state index contributed by atoms with van der Waals surface area (Å²) in [6.45, 7) is 22.7. The zero-order valence-electron chi connectivity index (χ0n) is 29.2. The largest absolute Gasteiger partial charge is 0.349 e. The maximum Gasteiger partial charge on any atom is 0.188 e. The first kappa shape index (κ1) is 34.4. The molecule has 1 radical (unpaired) electrons. The topological polar surface area (TPSA) is 6.48 Å². The Morgan fingerprint density at radius 3 is 2.30 bits per heavy atom. The third kappa shape index (κ3) is 9.29. The van der Waals surface area contributed by atoms with Crippen molar-refractivity contribution >= 4 is 39.2 Å². The van der Waals surface area contributed by atoms with E-state index >= 15 is 0 Å². The van der Waals surface area contributed by atoms with E-state index in [0.717, 1.165) is 25.9 Å². The third-order valence-corrected chi connectivity index (χ3v) is 10.6. The Kier molecular flexibility index (Phi) is 12.3. The van der Waals surface area contributed by atoms with Gasteiger partial charge in [-0.05, 0) is 109 Å². The van der Waals surface area contributed by atoms with E-state index in [1.807, 2.05) is 11.3 Å². The van der Waals surface area contributed by atoms with Crippen LogP contribution in [0.2, 0.25) is 0 Å². The van der Waals surface area contributed by atoms with E-state index in [-0.39, 0.29) is 5.41 Å². The van der Waals surface area contributed by atoms with Crippen molar-refractivity contribution in [3.8, 4) is 0 Å². The van der Waals surface area contributed by atoms with Gasteiger partial charge in [0.2, 0.25) is 0 Å². The lowest BCUT2D eigenvalue weighted by atomic mass is 9.68. The summed E-state index contributed by atoms with van der Waals surface area (Å²) in [7, 11) is 2.39. The van der Waals surface area contributed by atoms with Gasteiger partial charge < -0.3 is 9.80 Å². The minimum absolute atomic E-state index is 0.272. The van der Waals surface area contributed by atoms with Crippen LogP contribution in [0.3, 0.4) is 0 Å². The molecule has 2 aliphatic rings. The van der Waals surface area contributed by atoms with Gasteiger partial charge in [0.1, 0.15) is 0 Å². The van der Waals surface area contributed by atoms with E-state index in [9.17, 15) is 0 Å². The van der Waals surface area contributed by atoms with Gasteiger partial charge in [-0.15, -0.1) is 11.3 Å². The number of allylic oxidation sites excluding steroid dienone is 5. The molecular formula is C40H58BN2S. The van der Waals surface area contributed by atoms with E-state index in [1.165, 1.54) is 51.9 Å². The molecule has 2 nitrogen and oxygen atoms in total. The predicted octanol–water partition coefficient (Wildman–Crippen LogP) is 11.3. The smallest absolute Gasteiger partial charge is 0.188 e. The summed E-state index contributed by atoms with van der Waals surface area (Å²) < 4.78 is 1.42. The average Bonchev–Trinajstić information content (AvgIpc) is 3.33. The average molecular weight is 610 g/mol. The number of fused-ring (bicyclic) bond motifs is 4. The Bertz CT molecular complexity index is 1380. The number of hydrogen-bond donors (Lipinski definition) is 0. The predicted molar refractivity (Wildman–Crippen MR) is 200 cm³/mol. The van der Waals surface area contributed by atoms with Gasteiger partial charge in [-0.3, -0.25) is 0 Å². The highest BCUT2D eigenvalue weighted by molar-refractivity contribution is 7.24. The van der Waals surface area contributed by atoms with E-state index in [4.69, 9.17) is 0 Å². The first-order valence-corrected chi connectivity index (χ1v) is 18.1. The first-order valence-electron chi connectivity index (χ1n) is 17.3. The molecule has 4 heteroatoms. The lowest BCUT2D eigenvalue weighted by molar-refractivity contribution is 0.420. The van der Waals surface area contributed by atoms with Crippen molar-refractivity contribution in [3.05, 3.63) is 83.8 Å². The zero-order chi connectivity index (χ0) is 31.9. The van der Waals surface area contributed by atoms with Crippen molar-refractivity contribution < 1.29 is 0 Å². The number of anilines is 1. The van der Waals surface area contributed by atoms with Crippen LogP contribution in [0.15, 0.2) is 72.7 Å². The summed E-state index contributed by atoms with van der Waals surface area (Å²) in [5, 5.41) is 2.77. The van der Waals surface area contributed by atoms with Crippen molar-refractivity contribution in [2.45, 2.75) is 113 Å². The van der Waals surface area contributed by atoms with E-state index in [1.54, 1.807) is 11.1 Å². The summed E-state index contributed by atoms with van der Waals surface area (Å²) in [4.78, 5) is 4.87. The molecule has 4 atom stereocenters. The summed E-state index contributed by atoms with van der Waals surface area (Å²) in [6.07, 6.45) is 26.0. The van der Waals surface area contributed by atoms with Gasteiger partial charge >= 0.3 is 0 Å². The summed E-state index contributed by atoms with van der Waals surface area (Å²) in [5.74, 6) is 4.86.